The van der Waals surface area contributed by atoms with Crippen LogP contribution in [0.1, 0.15) is 58.3 Å². The van der Waals surface area contributed by atoms with E-state index in [2.05, 4.69) is 19.1 Å². The number of unbranched alkanes of at least 4 members (excludes halogenated alkanes) is 6. The number of rotatable bonds is 8. The Hall–Kier alpha value is 1.05. The zero-order chi connectivity index (χ0) is 12.2. The van der Waals surface area contributed by atoms with Gasteiger partial charge in [-0.25, -0.2) is 0 Å². The zero-order valence-corrected chi connectivity index (χ0v) is 14.6. The van der Waals surface area contributed by atoms with Crippen LogP contribution in [-0.4, -0.2) is 52.5 Å². The fourth-order valence-electron chi connectivity index (χ4n) is 2.64. The number of hydrogen-bond donors (Lipinski definition) is 1. The molecule has 98 valence electrons. The molecule has 1 N–H and O–H groups in total. The smallest absolute Gasteiger partial charge is 0.148 e. The van der Waals surface area contributed by atoms with E-state index in [1.165, 1.54) is 44.9 Å². The van der Waals surface area contributed by atoms with Crippen LogP contribution in [0.3, 0.4) is 0 Å². The summed E-state index contributed by atoms with van der Waals surface area (Å²) in [6, 6.07) is 0. The topological polar surface area (TPSA) is 20.2 Å². The SMILES string of the molecule is CCCCCCCCCC12C=CC=CC1(O)S2.[Ca]. The second-order valence-electron chi connectivity index (χ2n) is 5.28. The molecule has 1 heterocycles. The molecule has 0 aromatic carbocycles. The number of hydrogen-bond acceptors (Lipinski definition) is 2. The summed E-state index contributed by atoms with van der Waals surface area (Å²) in [5.41, 5.74) is 0. The van der Waals surface area contributed by atoms with Crippen molar-refractivity contribution in [3.8, 4) is 0 Å². The summed E-state index contributed by atoms with van der Waals surface area (Å²) in [7, 11) is 0. The van der Waals surface area contributed by atoms with Crippen LogP contribution >= 0.6 is 11.8 Å². The summed E-state index contributed by atoms with van der Waals surface area (Å²) in [5.74, 6) is 0. The van der Waals surface area contributed by atoms with Crippen LogP contribution in [0.4, 0.5) is 0 Å². The van der Waals surface area contributed by atoms with Crippen LogP contribution in [-0.2, 0) is 0 Å². The van der Waals surface area contributed by atoms with E-state index in [-0.39, 0.29) is 42.5 Å². The molecule has 0 aromatic heterocycles. The largest absolute Gasteiger partial charge is 0.374 e. The number of allylic oxidation sites excluding steroid dienone is 2. The molecule has 1 nitrogen and oxygen atoms in total. The van der Waals surface area contributed by atoms with Gasteiger partial charge in [0, 0.05) is 37.7 Å². The Balaban J connectivity index is 0.00000162. The average molecular weight is 293 g/mol. The summed E-state index contributed by atoms with van der Waals surface area (Å²) in [5, 5.41) is 10.2. The molecule has 18 heavy (non-hydrogen) atoms. The van der Waals surface area contributed by atoms with Gasteiger partial charge in [0.2, 0.25) is 0 Å². The van der Waals surface area contributed by atoms with Gasteiger partial charge >= 0.3 is 0 Å². The number of thioether (sulfide) groups is 1. The molecule has 1 aliphatic heterocycles. The van der Waals surface area contributed by atoms with Gasteiger partial charge in [0.15, 0.2) is 0 Å². The molecule has 1 fully saturated rings. The van der Waals surface area contributed by atoms with Gasteiger partial charge in [-0.3, -0.25) is 0 Å². The Kier molecular flexibility index (Phi) is 7.35. The monoisotopic (exact) mass is 292 g/mol. The first kappa shape index (κ1) is 17.1. The Bertz CT molecular complexity index is 316. The third kappa shape index (κ3) is 4.02. The molecule has 2 radical (unpaired) electrons. The van der Waals surface area contributed by atoms with E-state index < -0.39 is 4.93 Å². The van der Waals surface area contributed by atoms with Crippen molar-refractivity contribution >= 4 is 49.5 Å². The minimum Gasteiger partial charge on any atom is -0.374 e. The van der Waals surface area contributed by atoms with Crippen LogP contribution in [0.25, 0.3) is 0 Å². The van der Waals surface area contributed by atoms with Crippen LogP contribution in [0.2, 0.25) is 0 Å². The Labute approximate surface area is 145 Å². The summed E-state index contributed by atoms with van der Waals surface area (Å²) < 4.78 is 0.0329. The average Bonchev–Trinajstić information content (AvgIpc) is 2.94. The van der Waals surface area contributed by atoms with E-state index in [4.69, 9.17) is 0 Å². The van der Waals surface area contributed by atoms with Gasteiger partial charge in [0.25, 0.3) is 0 Å². The molecule has 2 atom stereocenters. The van der Waals surface area contributed by atoms with Gasteiger partial charge in [0.1, 0.15) is 4.93 Å². The van der Waals surface area contributed by atoms with E-state index in [1.54, 1.807) is 11.8 Å². The van der Waals surface area contributed by atoms with Crippen molar-refractivity contribution in [3.63, 3.8) is 0 Å². The number of aliphatic hydroxyl groups is 1. The first-order valence-corrected chi connectivity index (χ1v) is 7.84. The fraction of sp³-hybridized carbons (Fsp3) is 0.733. The van der Waals surface area contributed by atoms with Gasteiger partial charge in [0.05, 0.1) is 4.75 Å². The van der Waals surface area contributed by atoms with Crippen molar-refractivity contribution < 1.29 is 5.11 Å². The van der Waals surface area contributed by atoms with Crippen molar-refractivity contribution in [2.24, 2.45) is 0 Å². The molecular weight excluding hydrogens is 268 g/mol. The van der Waals surface area contributed by atoms with Gasteiger partial charge < -0.3 is 5.11 Å². The van der Waals surface area contributed by atoms with E-state index in [1.807, 2.05) is 12.2 Å². The molecule has 1 saturated heterocycles. The summed E-state index contributed by atoms with van der Waals surface area (Å²) >= 11 is 1.70. The zero-order valence-electron chi connectivity index (χ0n) is 11.5. The standard InChI is InChI=1S/C15H24OS.Ca/c1-2-3-4-5-6-7-8-11-14-12-9-10-13-15(14,16)17-14;/h9-10,12-13,16H,2-8,11H2,1H3;. The Morgan fingerprint density at radius 2 is 1.56 bits per heavy atom. The molecule has 0 saturated carbocycles. The van der Waals surface area contributed by atoms with E-state index in [0.29, 0.717) is 0 Å². The van der Waals surface area contributed by atoms with Crippen molar-refractivity contribution in [1.29, 1.82) is 0 Å². The molecule has 0 aromatic rings. The van der Waals surface area contributed by atoms with Crippen LogP contribution in [0.5, 0.6) is 0 Å². The minimum atomic E-state index is -0.566. The quantitative estimate of drug-likeness (QED) is 0.414. The minimum absolute atomic E-state index is 0. The van der Waals surface area contributed by atoms with Crippen LogP contribution in [0, 0.1) is 0 Å². The van der Waals surface area contributed by atoms with Crippen molar-refractivity contribution in [3.05, 3.63) is 24.3 Å². The van der Waals surface area contributed by atoms with Crippen molar-refractivity contribution in [2.75, 3.05) is 0 Å². The van der Waals surface area contributed by atoms with E-state index >= 15 is 0 Å². The maximum atomic E-state index is 10.2. The van der Waals surface area contributed by atoms with Crippen molar-refractivity contribution in [1.82, 2.24) is 0 Å². The molecule has 3 heteroatoms. The normalized spacial score (nSPS) is 31.9. The predicted octanol–water partition coefficient (Wildman–Crippen LogP) is 4.05. The van der Waals surface area contributed by atoms with Crippen LogP contribution < -0.4 is 0 Å². The van der Waals surface area contributed by atoms with Crippen molar-refractivity contribution in [2.45, 2.75) is 68.0 Å². The van der Waals surface area contributed by atoms with E-state index in [0.717, 1.165) is 6.42 Å². The second kappa shape index (κ2) is 7.73. The molecule has 2 rings (SSSR count). The first-order chi connectivity index (χ1) is 8.22. The van der Waals surface area contributed by atoms with E-state index in [9.17, 15) is 5.11 Å². The van der Waals surface area contributed by atoms with Gasteiger partial charge in [-0.15, -0.1) is 11.8 Å². The maximum absolute atomic E-state index is 10.2. The molecule has 1 aliphatic carbocycles. The molecule has 0 bridgehead atoms. The third-order valence-corrected chi connectivity index (χ3v) is 5.48. The predicted molar refractivity (Wildman–Crippen MR) is 81.9 cm³/mol. The van der Waals surface area contributed by atoms with Gasteiger partial charge in [-0.1, -0.05) is 70.1 Å². The third-order valence-electron chi connectivity index (χ3n) is 3.85. The van der Waals surface area contributed by atoms with Gasteiger partial charge in [-0.2, -0.15) is 0 Å². The molecule has 2 unspecified atom stereocenters. The Morgan fingerprint density at radius 1 is 0.944 bits per heavy atom. The second-order valence-corrected chi connectivity index (χ2v) is 6.83. The first-order valence-electron chi connectivity index (χ1n) is 7.02. The maximum Gasteiger partial charge on any atom is 0.148 e. The number of fused-ring (bicyclic) bond motifs is 1. The molecule has 0 amide bonds. The summed E-state index contributed by atoms with van der Waals surface area (Å²) in [4.78, 5) is -0.566. The van der Waals surface area contributed by atoms with Gasteiger partial charge in [-0.05, 0) is 12.5 Å². The Morgan fingerprint density at radius 3 is 2.22 bits per heavy atom. The summed E-state index contributed by atoms with van der Waals surface area (Å²) in [6.07, 6.45) is 18.7. The molecule has 2 aliphatic rings. The molecule has 0 spiro atoms. The fourth-order valence-corrected chi connectivity index (χ4v) is 3.92. The summed E-state index contributed by atoms with van der Waals surface area (Å²) in [6.45, 7) is 2.26. The molecular formula is C15H24CaOS. The van der Waals surface area contributed by atoms with Crippen LogP contribution in [0.15, 0.2) is 24.3 Å².